The molecular formula is C34H42ClNO3. The summed E-state index contributed by atoms with van der Waals surface area (Å²) in [7, 11) is 0. The number of hydrogen-bond acceptors (Lipinski definition) is 4. The predicted octanol–water partition coefficient (Wildman–Crippen LogP) is 9.05. The van der Waals surface area contributed by atoms with Crippen molar-refractivity contribution in [3.63, 3.8) is 0 Å². The van der Waals surface area contributed by atoms with Gasteiger partial charge in [-0.25, -0.2) is 0 Å². The second kappa shape index (κ2) is 12.8. The number of aryl methyl sites for hydroxylation is 1. The molecular weight excluding hydrogens is 506 g/mol. The first-order valence-corrected chi connectivity index (χ1v) is 14.9. The molecule has 0 bridgehead atoms. The fourth-order valence-electron chi connectivity index (χ4n) is 5.95. The highest BCUT2D eigenvalue weighted by atomic mass is 35.5. The second-order valence-corrected chi connectivity index (χ2v) is 12.1. The van der Waals surface area contributed by atoms with Crippen LogP contribution in [0.5, 0.6) is 5.75 Å². The van der Waals surface area contributed by atoms with Crippen molar-refractivity contribution in [3.05, 3.63) is 94.0 Å². The van der Waals surface area contributed by atoms with Gasteiger partial charge < -0.3 is 19.5 Å². The van der Waals surface area contributed by atoms with E-state index in [4.69, 9.17) is 25.8 Å². The van der Waals surface area contributed by atoms with Gasteiger partial charge in [-0.2, -0.15) is 0 Å². The van der Waals surface area contributed by atoms with Crippen LogP contribution in [0.15, 0.2) is 66.7 Å². The molecule has 208 valence electrons. The molecule has 1 N–H and O–H groups in total. The summed E-state index contributed by atoms with van der Waals surface area (Å²) in [5, 5.41) is 4.30. The fraction of sp³-hybridized carbons (Fsp3) is 0.471. The summed E-state index contributed by atoms with van der Waals surface area (Å²) in [6.07, 6.45) is 7.35. The molecule has 1 heterocycles. The Hall–Kier alpha value is -2.53. The summed E-state index contributed by atoms with van der Waals surface area (Å²) >= 11 is 6.20. The number of rotatable bonds is 10. The Balaban J connectivity index is 1.37. The van der Waals surface area contributed by atoms with Gasteiger partial charge in [-0.05, 0) is 80.1 Å². The highest BCUT2D eigenvalue weighted by molar-refractivity contribution is 6.30. The third kappa shape index (κ3) is 7.16. The van der Waals surface area contributed by atoms with Crippen LogP contribution in [0, 0.1) is 12.8 Å². The third-order valence-corrected chi connectivity index (χ3v) is 8.50. The molecule has 39 heavy (non-hydrogen) atoms. The normalized spacial score (nSPS) is 20.7. The maximum atomic E-state index is 6.76. The van der Waals surface area contributed by atoms with E-state index < -0.39 is 5.60 Å². The van der Waals surface area contributed by atoms with Gasteiger partial charge in [0.2, 0.25) is 0 Å². The highest BCUT2D eigenvalue weighted by Crippen LogP contribution is 2.45. The van der Waals surface area contributed by atoms with Gasteiger partial charge in [0, 0.05) is 29.4 Å². The minimum Gasteiger partial charge on any atom is -0.485 e. The summed E-state index contributed by atoms with van der Waals surface area (Å²) in [5.74, 6) is 1.63. The van der Waals surface area contributed by atoms with E-state index in [0.29, 0.717) is 13.2 Å². The van der Waals surface area contributed by atoms with Crippen molar-refractivity contribution in [2.45, 2.75) is 90.3 Å². The summed E-state index contributed by atoms with van der Waals surface area (Å²) in [4.78, 5) is 0. The van der Waals surface area contributed by atoms with Crippen LogP contribution in [-0.4, -0.2) is 18.3 Å². The molecule has 3 aromatic rings. The van der Waals surface area contributed by atoms with Gasteiger partial charge in [-0.15, -0.1) is 0 Å². The molecule has 5 rings (SSSR count). The van der Waals surface area contributed by atoms with E-state index in [2.05, 4.69) is 74.6 Å². The zero-order valence-electron chi connectivity index (χ0n) is 23.5. The predicted molar refractivity (Wildman–Crippen MR) is 160 cm³/mol. The Morgan fingerprint density at radius 1 is 0.949 bits per heavy atom. The number of ether oxygens (including phenoxy) is 3. The molecule has 3 aromatic carbocycles. The molecule has 1 fully saturated rings. The quantitative estimate of drug-likeness (QED) is 0.275. The first-order chi connectivity index (χ1) is 18.9. The highest BCUT2D eigenvalue weighted by Gasteiger charge is 2.45. The van der Waals surface area contributed by atoms with E-state index in [-0.39, 0.29) is 12.2 Å². The zero-order chi connectivity index (χ0) is 27.2. The minimum atomic E-state index is -0.541. The van der Waals surface area contributed by atoms with Gasteiger partial charge in [0.05, 0.1) is 6.61 Å². The molecule has 0 saturated heterocycles. The van der Waals surface area contributed by atoms with Gasteiger partial charge in [-0.1, -0.05) is 80.1 Å². The van der Waals surface area contributed by atoms with Gasteiger partial charge in [0.1, 0.15) is 23.6 Å². The molecule has 0 spiro atoms. The van der Waals surface area contributed by atoms with Crippen molar-refractivity contribution in [2.24, 2.45) is 5.92 Å². The van der Waals surface area contributed by atoms with Gasteiger partial charge in [-0.3, -0.25) is 0 Å². The van der Waals surface area contributed by atoms with Crippen LogP contribution in [0.25, 0.3) is 0 Å². The van der Waals surface area contributed by atoms with Gasteiger partial charge in [0.25, 0.3) is 0 Å². The van der Waals surface area contributed by atoms with E-state index in [1.165, 1.54) is 43.2 Å². The standard InChI is InChI=1S/C34H42ClNO3/c1-24-10-7-8-14-27(24)23-38-33-32(37-19-18-25-11-5-4-6-12-25)30-21-29(16-17-31(30)39-34(33,2)3)36-22-26-13-9-15-28(35)20-26/h7-10,13-17,20-21,25,32-33,36H,4-6,11-12,18-19,22-23H2,1-3H3. The molecule has 1 aliphatic carbocycles. The van der Waals surface area contributed by atoms with Crippen LogP contribution >= 0.6 is 11.6 Å². The molecule has 1 saturated carbocycles. The SMILES string of the molecule is Cc1ccccc1COC1C(OCCC2CCCCC2)c2cc(NCc3cccc(Cl)c3)ccc2OC1(C)C. The largest absolute Gasteiger partial charge is 0.485 e. The van der Waals surface area contributed by atoms with Crippen molar-refractivity contribution < 1.29 is 14.2 Å². The van der Waals surface area contributed by atoms with E-state index in [0.717, 1.165) is 46.5 Å². The smallest absolute Gasteiger partial charge is 0.132 e. The Labute approximate surface area is 239 Å². The average molecular weight is 548 g/mol. The van der Waals surface area contributed by atoms with Crippen LogP contribution in [0.4, 0.5) is 5.69 Å². The Bertz CT molecular complexity index is 1240. The Morgan fingerprint density at radius 3 is 2.56 bits per heavy atom. The maximum Gasteiger partial charge on any atom is 0.132 e. The van der Waals surface area contributed by atoms with E-state index in [1.807, 2.05) is 18.2 Å². The number of nitrogens with one attached hydrogen (secondary N) is 1. The number of benzene rings is 3. The topological polar surface area (TPSA) is 39.7 Å². The van der Waals surface area contributed by atoms with Crippen LogP contribution in [0.2, 0.25) is 5.02 Å². The van der Waals surface area contributed by atoms with Crippen molar-refractivity contribution in [3.8, 4) is 5.75 Å². The summed E-state index contributed by atoms with van der Waals surface area (Å²) in [5.41, 5.74) is 5.09. The van der Waals surface area contributed by atoms with Crippen molar-refractivity contribution >= 4 is 17.3 Å². The number of anilines is 1. The average Bonchev–Trinajstić information content (AvgIpc) is 2.92. The lowest BCUT2D eigenvalue weighted by molar-refractivity contribution is -0.168. The van der Waals surface area contributed by atoms with Crippen LogP contribution in [0.1, 0.15) is 80.7 Å². The van der Waals surface area contributed by atoms with Crippen molar-refractivity contribution in [2.75, 3.05) is 11.9 Å². The first kappa shape index (κ1) is 28.0. The maximum absolute atomic E-state index is 6.76. The van der Waals surface area contributed by atoms with Crippen molar-refractivity contribution in [1.29, 1.82) is 0 Å². The lowest BCUT2D eigenvalue weighted by Crippen LogP contribution is -2.51. The number of fused-ring (bicyclic) bond motifs is 1. The lowest BCUT2D eigenvalue weighted by Gasteiger charge is -2.44. The lowest BCUT2D eigenvalue weighted by atomic mass is 9.86. The summed E-state index contributed by atoms with van der Waals surface area (Å²) < 4.78 is 20.0. The molecule has 0 radical (unpaired) electrons. The minimum absolute atomic E-state index is 0.218. The Morgan fingerprint density at radius 2 is 1.77 bits per heavy atom. The van der Waals surface area contributed by atoms with Gasteiger partial charge >= 0.3 is 0 Å². The molecule has 5 heteroatoms. The molecule has 2 unspecified atom stereocenters. The molecule has 2 aliphatic rings. The van der Waals surface area contributed by atoms with E-state index >= 15 is 0 Å². The molecule has 1 aliphatic heterocycles. The Kier molecular flexibility index (Phi) is 9.17. The third-order valence-electron chi connectivity index (χ3n) is 8.26. The van der Waals surface area contributed by atoms with Crippen LogP contribution in [0.3, 0.4) is 0 Å². The summed E-state index contributed by atoms with van der Waals surface area (Å²) in [6, 6.07) is 22.7. The molecule has 2 atom stereocenters. The fourth-order valence-corrected chi connectivity index (χ4v) is 6.16. The van der Waals surface area contributed by atoms with E-state index in [9.17, 15) is 0 Å². The summed E-state index contributed by atoms with van der Waals surface area (Å²) in [6.45, 7) is 8.30. The van der Waals surface area contributed by atoms with Crippen LogP contribution < -0.4 is 10.1 Å². The monoisotopic (exact) mass is 547 g/mol. The molecule has 0 aromatic heterocycles. The van der Waals surface area contributed by atoms with Crippen LogP contribution in [-0.2, 0) is 22.6 Å². The number of halogens is 1. The zero-order valence-corrected chi connectivity index (χ0v) is 24.3. The second-order valence-electron chi connectivity index (χ2n) is 11.7. The first-order valence-electron chi connectivity index (χ1n) is 14.5. The molecule has 4 nitrogen and oxygen atoms in total. The van der Waals surface area contributed by atoms with E-state index in [1.54, 1.807) is 0 Å². The number of hydrogen-bond donors (Lipinski definition) is 1. The van der Waals surface area contributed by atoms with Crippen molar-refractivity contribution in [1.82, 2.24) is 0 Å². The molecule has 0 amide bonds. The van der Waals surface area contributed by atoms with Gasteiger partial charge in [0.15, 0.2) is 0 Å².